The number of hydrogen-bond acceptors (Lipinski definition) is 6. The number of fused-ring (bicyclic) bond motifs is 3. The molecule has 53 heavy (non-hydrogen) atoms. The van der Waals surface area contributed by atoms with Crippen molar-refractivity contribution in [1.29, 1.82) is 0 Å². The standard InChI is InChI=1S/C42H46N4O6Si/c1-27-39(53(3,4)32-21-19-31(51-2)20-22-32)37(24-38(48)44-23-9-10-30(44)26-47)52-42(27)34-12-6-8-14-36(34)45(41(42)50)25-28-15-17-29(18-16-28)46-40(49)33-11-5-7-13-35(33)43-46/h5-8,11-22,27,30,37,39,43,47H,9-10,23-26H2,1-4H3/t27-,30+,37+,39-,42+/m1/s1. The number of para-hydroxylation sites is 2. The normalized spacial score (nSPS) is 24.1. The third kappa shape index (κ3) is 5.64. The molecular formula is C42H46N4O6Si. The van der Waals surface area contributed by atoms with Crippen LogP contribution in [0.25, 0.3) is 16.6 Å². The third-order valence-corrected chi connectivity index (χ3v) is 16.5. The molecule has 1 spiro atoms. The first-order valence-electron chi connectivity index (χ1n) is 18.5. The number of aromatic amines is 1. The summed E-state index contributed by atoms with van der Waals surface area (Å²) in [5.41, 5.74) is 2.53. The first-order chi connectivity index (χ1) is 25.6. The Morgan fingerprint density at radius 3 is 2.42 bits per heavy atom. The highest BCUT2D eigenvalue weighted by Crippen LogP contribution is 2.60. The third-order valence-electron chi connectivity index (χ3n) is 12.2. The van der Waals surface area contributed by atoms with E-state index in [1.807, 2.05) is 88.7 Å². The van der Waals surface area contributed by atoms with E-state index in [9.17, 15) is 14.7 Å². The lowest BCUT2D eigenvalue weighted by atomic mass is 9.82. The molecule has 0 saturated carbocycles. The van der Waals surface area contributed by atoms with E-state index in [1.54, 1.807) is 13.2 Å². The van der Waals surface area contributed by atoms with E-state index in [0.29, 0.717) is 24.2 Å². The van der Waals surface area contributed by atoms with Gasteiger partial charge in [-0.05, 0) is 66.4 Å². The number of H-pyrrole nitrogens is 1. The number of rotatable bonds is 9. The summed E-state index contributed by atoms with van der Waals surface area (Å²) in [6, 6.07) is 31.0. The van der Waals surface area contributed by atoms with Gasteiger partial charge in [-0.2, -0.15) is 0 Å². The summed E-state index contributed by atoms with van der Waals surface area (Å²) in [5, 5.41) is 15.1. The average molecular weight is 731 g/mol. The predicted octanol–water partition coefficient (Wildman–Crippen LogP) is 5.46. The molecule has 10 nitrogen and oxygen atoms in total. The second kappa shape index (κ2) is 13.5. The van der Waals surface area contributed by atoms with Gasteiger partial charge in [-0.25, -0.2) is 4.68 Å². The molecule has 0 unspecified atom stereocenters. The smallest absolute Gasteiger partial charge is 0.279 e. The molecule has 4 aromatic carbocycles. The summed E-state index contributed by atoms with van der Waals surface area (Å²) in [6.07, 6.45) is 1.28. The highest BCUT2D eigenvalue weighted by atomic mass is 28.3. The minimum absolute atomic E-state index is 0.0370. The zero-order chi connectivity index (χ0) is 37.1. The molecule has 8 rings (SSSR count). The number of methoxy groups -OCH3 is 1. The number of aliphatic hydroxyl groups excluding tert-OH is 1. The predicted molar refractivity (Wildman–Crippen MR) is 208 cm³/mol. The van der Waals surface area contributed by atoms with Crippen molar-refractivity contribution < 1.29 is 24.2 Å². The Hall–Kier alpha value is -4.97. The maximum Gasteiger partial charge on any atom is 0.279 e. The van der Waals surface area contributed by atoms with Crippen LogP contribution in [0.1, 0.15) is 37.3 Å². The number of hydrogen-bond donors (Lipinski definition) is 2. The zero-order valence-electron chi connectivity index (χ0n) is 30.6. The van der Waals surface area contributed by atoms with Crippen molar-refractivity contribution in [3.8, 4) is 11.4 Å². The fourth-order valence-electron chi connectivity index (χ4n) is 9.44. The van der Waals surface area contributed by atoms with Crippen molar-refractivity contribution in [3.63, 3.8) is 0 Å². The lowest BCUT2D eigenvalue weighted by Crippen LogP contribution is -2.52. The van der Waals surface area contributed by atoms with Crippen molar-refractivity contribution in [2.45, 2.75) is 69.1 Å². The number of nitrogens with zero attached hydrogens (tertiary/aromatic N) is 3. The van der Waals surface area contributed by atoms with E-state index in [4.69, 9.17) is 9.47 Å². The van der Waals surface area contributed by atoms with Gasteiger partial charge in [0.2, 0.25) is 5.91 Å². The second-order valence-electron chi connectivity index (χ2n) is 15.3. The fourth-order valence-corrected chi connectivity index (χ4v) is 13.5. The van der Waals surface area contributed by atoms with Crippen molar-refractivity contribution in [3.05, 3.63) is 119 Å². The number of ether oxygens (including phenoxy) is 2. The van der Waals surface area contributed by atoms with Gasteiger partial charge < -0.3 is 24.4 Å². The van der Waals surface area contributed by atoms with Gasteiger partial charge in [-0.15, -0.1) is 0 Å². The molecule has 2 saturated heterocycles. The molecule has 0 radical (unpaired) electrons. The number of likely N-dealkylation sites (tertiary alicyclic amines) is 1. The molecule has 2 amide bonds. The summed E-state index contributed by atoms with van der Waals surface area (Å²) in [4.78, 5) is 45.9. The van der Waals surface area contributed by atoms with E-state index < -0.39 is 19.8 Å². The van der Waals surface area contributed by atoms with Gasteiger partial charge >= 0.3 is 0 Å². The van der Waals surface area contributed by atoms with Gasteiger partial charge in [0.05, 0.1) is 69.2 Å². The molecular weight excluding hydrogens is 685 g/mol. The van der Waals surface area contributed by atoms with E-state index in [1.165, 1.54) is 9.87 Å². The number of aromatic nitrogens is 2. The number of amides is 2. The lowest BCUT2D eigenvalue weighted by Gasteiger charge is -2.37. The van der Waals surface area contributed by atoms with Gasteiger partial charge in [0.15, 0.2) is 5.60 Å². The highest BCUT2D eigenvalue weighted by molar-refractivity contribution is 6.91. The van der Waals surface area contributed by atoms with E-state index >= 15 is 4.79 Å². The van der Waals surface area contributed by atoms with Crippen molar-refractivity contribution in [2.24, 2.45) is 5.92 Å². The van der Waals surface area contributed by atoms with E-state index in [-0.39, 0.29) is 47.9 Å². The van der Waals surface area contributed by atoms with Crippen LogP contribution in [0, 0.1) is 5.92 Å². The van der Waals surface area contributed by atoms with Crippen LogP contribution in [-0.4, -0.2) is 72.1 Å². The molecule has 5 aromatic rings. The molecule has 274 valence electrons. The number of carbonyl (C=O) groups excluding carboxylic acids is 2. The first-order valence-corrected chi connectivity index (χ1v) is 21.6. The summed E-state index contributed by atoms with van der Waals surface area (Å²) >= 11 is 0. The van der Waals surface area contributed by atoms with E-state index in [0.717, 1.165) is 40.9 Å². The molecule has 5 atom stereocenters. The van der Waals surface area contributed by atoms with Gasteiger partial charge in [0.25, 0.3) is 11.5 Å². The summed E-state index contributed by atoms with van der Waals surface area (Å²) in [6.45, 7) is 7.62. The van der Waals surface area contributed by atoms with Gasteiger partial charge in [0.1, 0.15) is 5.75 Å². The van der Waals surface area contributed by atoms with Crippen molar-refractivity contribution in [2.75, 3.05) is 25.2 Å². The largest absolute Gasteiger partial charge is 0.497 e. The molecule has 3 aliphatic rings. The SMILES string of the molecule is COc1ccc([Si](C)(C)[C@H]2[C@H](CC(=O)N3CCC[C@H]3CO)O[C@@]3(C(=O)N(Cc4ccc(-n5[nH]c6ccccc6c5=O)cc4)c4ccccc43)[C@@H]2C)cc1. The average Bonchev–Trinajstić information content (AvgIpc) is 3.92. The Morgan fingerprint density at radius 2 is 1.70 bits per heavy atom. The fraction of sp³-hybridized carbons (Fsp3) is 0.357. The van der Waals surface area contributed by atoms with Crippen molar-refractivity contribution in [1.82, 2.24) is 14.7 Å². The van der Waals surface area contributed by atoms with Crippen molar-refractivity contribution >= 4 is 41.7 Å². The number of carbonyl (C=O) groups is 2. The minimum Gasteiger partial charge on any atom is -0.497 e. The molecule has 2 fully saturated rings. The number of anilines is 1. The quantitative estimate of drug-likeness (QED) is 0.195. The highest BCUT2D eigenvalue weighted by Gasteiger charge is 2.66. The van der Waals surface area contributed by atoms with Crippen LogP contribution in [-0.2, 0) is 26.5 Å². The number of benzene rings is 4. The topological polar surface area (TPSA) is 117 Å². The molecule has 3 aliphatic heterocycles. The lowest BCUT2D eigenvalue weighted by molar-refractivity contribution is -0.150. The maximum absolute atomic E-state index is 15.1. The molecule has 1 aromatic heterocycles. The first kappa shape index (κ1) is 35.1. The summed E-state index contributed by atoms with van der Waals surface area (Å²) < 4.78 is 14.2. The van der Waals surface area contributed by atoms with E-state index in [2.05, 4.69) is 37.2 Å². The van der Waals surface area contributed by atoms with Crippen LogP contribution < -0.4 is 20.4 Å². The Balaban J connectivity index is 1.14. The molecule has 2 N–H and O–H groups in total. The Labute approximate surface area is 309 Å². The molecule has 11 heteroatoms. The number of aliphatic hydroxyl groups is 1. The van der Waals surface area contributed by atoms with Crippen LogP contribution in [0.2, 0.25) is 18.6 Å². The van der Waals surface area contributed by atoms with Gasteiger partial charge in [-0.3, -0.25) is 19.5 Å². The number of nitrogens with one attached hydrogen (secondary N) is 1. The van der Waals surface area contributed by atoms with Crippen LogP contribution in [0.4, 0.5) is 5.69 Å². The second-order valence-corrected chi connectivity index (χ2v) is 20.0. The van der Waals surface area contributed by atoms with Gasteiger partial charge in [0, 0.05) is 18.0 Å². The van der Waals surface area contributed by atoms with Crippen LogP contribution in [0.15, 0.2) is 102 Å². The summed E-state index contributed by atoms with van der Waals surface area (Å²) in [7, 11) is -0.784. The Morgan fingerprint density at radius 1 is 0.981 bits per heavy atom. The monoisotopic (exact) mass is 730 g/mol. The molecule has 0 bridgehead atoms. The Bertz CT molecular complexity index is 2230. The maximum atomic E-state index is 15.1. The molecule has 0 aliphatic carbocycles. The Kier molecular flexibility index (Phi) is 8.91. The zero-order valence-corrected chi connectivity index (χ0v) is 31.6. The van der Waals surface area contributed by atoms with Gasteiger partial charge in [-0.1, -0.05) is 79.8 Å². The summed E-state index contributed by atoms with van der Waals surface area (Å²) in [5.74, 6) is 0.366. The van der Waals surface area contributed by atoms with Crippen LogP contribution in [0.3, 0.4) is 0 Å². The van der Waals surface area contributed by atoms with Crippen LogP contribution >= 0.6 is 0 Å². The minimum atomic E-state index is -2.44. The molecule has 4 heterocycles. The van der Waals surface area contributed by atoms with Crippen LogP contribution in [0.5, 0.6) is 5.75 Å².